The first-order chi connectivity index (χ1) is 7.75. The molecule has 2 aromatic rings. The zero-order valence-corrected chi connectivity index (χ0v) is 11.4. The fourth-order valence-electron chi connectivity index (χ4n) is 1.44. The smallest absolute Gasteiger partial charge is 0.0494 e. The molecule has 0 aliphatic carbocycles. The van der Waals surface area contributed by atoms with Crippen molar-refractivity contribution in [3.63, 3.8) is 0 Å². The Labute approximate surface area is 108 Å². The zero-order chi connectivity index (χ0) is 11.4. The van der Waals surface area contributed by atoms with Crippen LogP contribution >= 0.6 is 27.7 Å². The van der Waals surface area contributed by atoms with Gasteiger partial charge in [0.2, 0.25) is 0 Å². The number of halogens is 1. The van der Waals surface area contributed by atoms with Gasteiger partial charge in [-0.25, -0.2) is 0 Å². The molecule has 0 saturated carbocycles. The first kappa shape index (κ1) is 11.7. The molecule has 0 fully saturated rings. The molecule has 0 aliphatic heterocycles. The lowest BCUT2D eigenvalue weighted by Gasteiger charge is -2.04. The van der Waals surface area contributed by atoms with Gasteiger partial charge >= 0.3 is 0 Å². The Morgan fingerprint density at radius 1 is 1.31 bits per heavy atom. The summed E-state index contributed by atoms with van der Waals surface area (Å²) in [7, 11) is 0. The van der Waals surface area contributed by atoms with Crippen LogP contribution < -0.4 is 0 Å². The second kappa shape index (κ2) is 5.51. The Morgan fingerprint density at radius 3 is 2.94 bits per heavy atom. The normalized spacial score (nSPS) is 10.4. The third-order valence-corrected chi connectivity index (χ3v) is 4.25. The van der Waals surface area contributed by atoms with E-state index in [0.29, 0.717) is 0 Å². The summed E-state index contributed by atoms with van der Waals surface area (Å²) in [6.07, 6.45) is 3.65. The fraction of sp³-hybridized carbons (Fsp3) is 0.154. The summed E-state index contributed by atoms with van der Waals surface area (Å²) in [5, 5.41) is 0. The lowest BCUT2D eigenvalue weighted by molar-refractivity contribution is 1.23. The van der Waals surface area contributed by atoms with Gasteiger partial charge in [-0.15, -0.1) is 11.8 Å². The molecule has 0 radical (unpaired) electrons. The van der Waals surface area contributed by atoms with Gasteiger partial charge in [0.05, 0.1) is 0 Å². The van der Waals surface area contributed by atoms with E-state index < -0.39 is 0 Å². The van der Waals surface area contributed by atoms with Crippen molar-refractivity contribution in [2.75, 3.05) is 0 Å². The Hall–Kier alpha value is -0.800. The Balaban J connectivity index is 2.05. The number of aryl methyl sites for hydroxylation is 1. The molecule has 0 N–H and O–H groups in total. The second-order valence-corrected chi connectivity index (χ2v) is 5.46. The highest BCUT2D eigenvalue weighted by molar-refractivity contribution is 9.10. The van der Waals surface area contributed by atoms with E-state index >= 15 is 0 Å². The third-order valence-electron chi connectivity index (χ3n) is 2.21. The Kier molecular flexibility index (Phi) is 4.02. The molecular weight excluding hydrogens is 282 g/mol. The molecule has 1 heterocycles. The molecule has 82 valence electrons. The highest BCUT2D eigenvalue weighted by Crippen LogP contribution is 2.29. The molecule has 1 aromatic heterocycles. The number of aromatic nitrogens is 1. The van der Waals surface area contributed by atoms with Gasteiger partial charge in [0.15, 0.2) is 0 Å². The number of hydrogen-bond donors (Lipinski definition) is 0. The van der Waals surface area contributed by atoms with Crippen LogP contribution in [0.1, 0.15) is 11.1 Å². The first-order valence-electron chi connectivity index (χ1n) is 5.03. The molecular formula is C13H12BrNS. The number of hydrogen-bond acceptors (Lipinski definition) is 2. The second-order valence-electron chi connectivity index (χ2n) is 3.58. The number of nitrogens with zero attached hydrogens (tertiary/aromatic N) is 1. The summed E-state index contributed by atoms with van der Waals surface area (Å²) in [6.45, 7) is 2.12. The van der Waals surface area contributed by atoms with Gasteiger partial charge < -0.3 is 0 Å². The van der Waals surface area contributed by atoms with Crippen LogP contribution in [0.5, 0.6) is 0 Å². The van der Waals surface area contributed by atoms with Gasteiger partial charge in [0.1, 0.15) is 0 Å². The monoisotopic (exact) mass is 293 g/mol. The van der Waals surface area contributed by atoms with E-state index in [2.05, 4.69) is 52.1 Å². The molecule has 2 rings (SSSR count). The van der Waals surface area contributed by atoms with Crippen LogP contribution in [-0.2, 0) is 5.75 Å². The van der Waals surface area contributed by atoms with Crippen LogP contribution in [0.25, 0.3) is 0 Å². The average molecular weight is 294 g/mol. The van der Waals surface area contributed by atoms with Crippen molar-refractivity contribution in [3.05, 3.63) is 58.3 Å². The molecule has 0 atom stereocenters. The van der Waals surface area contributed by atoms with Gasteiger partial charge in [-0.2, -0.15) is 0 Å². The standard InChI is InChI=1S/C13H12BrNS/c1-10-3-2-4-11(7-10)9-16-13-5-6-15-8-12(13)14/h2-8H,9H2,1H3. The van der Waals surface area contributed by atoms with E-state index in [1.165, 1.54) is 16.0 Å². The van der Waals surface area contributed by atoms with E-state index in [-0.39, 0.29) is 0 Å². The van der Waals surface area contributed by atoms with Crippen molar-refractivity contribution in [3.8, 4) is 0 Å². The van der Waals surface area contributed by atoms with Gasteiger partial charge in [0, 0.05) is 27.5 Å². The maximum atomic E-state index is 4.05. The molecule has 3 heteroatoms. The number of rotatable bonds is 3. The Bertz CT molecular complexity index is 485. The molecule has 0 unspecified atom stereocenters. The number of thioether (sulfide) groups is 1. The Morgan fingerprint density at radius 2 is 2.19 bits per heavy atom. The predicted molar refractivity (Wildman–Crippen MR) is 72.7 cm³/mol. The molecule has 1 nitrogen and oxygen atoms in total. The minimum atomic E-state index is 0.990. The third kappa shape index (κ3) is 3.09. The minimum absolute atomic E-state index is 0.990. The quantitative estimate of drug-likeness (QED) is 0.776. The minimum Gasteiger partial charge on any atom is -0.263 e. The van der Waals surface area contributed by atoms with Crippen LogP contribution in [-0.4, -0.2) is 4.98 Å². The van der Waals surface area contributed by atoms with E-state index in [1.54, 1.807) is 0 Å². The van der Waals surface area contributed by atoms with Crippen molar-refractivity contribution >= 4 is 27.7 Å². The van der Waals surface area contributed by atoms with Gasteiger partial charge in [0.25, 0.3) is 0 Å². The fourth-order valence-corrected chi connectivity index (χ4v) is 2.89. The summed E-state index contributed by atoms with van der Waals surface area (Å²) < 4.78 is 1.06. The molecule has 0 amide bonds. The zero-order valence-electron chi connectivity index (χ0n) is 8.98. The van der Waals surface area contributed by atoms with E-state index in [0.717, 1.165) is 10.2 Å². The summed E-state index contributed by atoms with van der Waals surface area (Å²) in [5.41, 5.74) is 2.67. The maximum Gasteiger partial charge on any atom is 0.0494 e. The molecule has 0 aliphatic rings. The van der Waals surface area contributed by atoms with E-state index in [9.17, 15) is 0 Å². The summed E-state index contributed by atoms with van der Waals surface area (Å²) in [6, 6.07) is 10.6. The van der Waals surface area contributed by atoms with Crippen molar-refractivity contribution in [2.45, 2.75) is 17.6 Å². The largest absolute Gasteiger partial charge is 0.263 e. The maximum absolute atomic E-state index is 4.05. The highest BCUT2D eigenvalue weighted by Gasteiger charge is 2.00. The predicted octanol–water partition coefficient (Wildman–Crippen LogP) is 4.44. The van der Waals surface area contributed by atoms with Crippen LogP contribution in [0, 0.1) is 6.92 Å². The highest BCUT2D eigenvalue weighted by atomic mass is 79.9. The molecule has 0 spiro atoms. The lowest BCUT2D eigenvalue weighted by Crippen LogP contribution is -1.83. The lowest BCUT2D eigenvalue weighted by atomic mass is 10.2. The van der Waals surface area contributed by atoms with E-state index in [4.69, 9.17) is 0 Å². The molecule has 0 bridgehead atoms. The summed E-state index contributed by atoms with van der Waals surface area (Å²) in [4.78, 5) is 5.29. The number of pyridine rings is 1. The van der Waals surface area contributed by atoms with Crippen LogP contribution in [0.3, 0.4) is 0 Å². The first-order valence-corrected chi connectivity index (χ1v) is 6.81. The molecule has 0 saturated heterocycles. The average Bonchev–Trinajstić information content (AvgIpc) is 2.28. The number of benzene rings is 1. The van der Waals surface area contributed by atoms with Gasteiger partial charge in [-0.3, -0.25) is 4.98 Å². The van der Waals surface area contributed by atoms with Crippen molar-refractivity contribution in [1.82, 2.24) is 4.98 Å². The summed E-state index contributed by atoms with van der Waals surface area (Å²) in [5.74, 6) is 0.990. The van der Waals surface area contributed by atoms with Crippen LogP contribution in [0.4, 0.5) is 0 Å². The van der Waals surface area contributed by atoms with Crippen molar-refractivity contribution in [1.29, 1.82) is 0 Å². The molecule has 1 aromatic carbocycles. The SMILES string of the molecule is Cc1cccc(CSc2ccncc2Br)c1. The topological polar surface area (TPSA) is 12.9 Å². The van der Waals surface area contributed by atoms with Gasteiger partial charge in [-0.1, -0.05) is 29.8 Å². The van der Waals surface area contributed by atoms with Gasteiger partial charge in [-0.05, 0) is 34.5 Å². The van der Waals surface area contributed by atoms with Crippen molar-refractivity contribution < 1.29 is 0 Å². The summed E-state index contributed by atoms with van der Waals surface area (Å²) >= 11 is 5.32. The van der Waals surface area contributed by atoms with E-state index in [1.807, 2.05) is 30.2 Å². The van der Waals surface area contributed by atoms with Crippen molar-refractivity contribution in [2.24, 2.45) is 0 Å². The van der Waals surface area contributed by atoms with Crippen LogP contribution in [0.15, 0.2) is 52.1 Å². The van der Waals surface area contributed by atoms with Crippen LogP contribution in [0.2, 0.25) is 0 Å². The molecule has 16 heavy (non-hydrogen) atoms.